The van der Waals surface area contributed by atoms with Gasteiger partial charge in [-0.05, 0) is 37.6 Å². The first-order valence-electron chi connectivity index (χ1n) is 6.17. The Morgan fingerprint density at radius 2 is 2.39 bits per heavy atom. The van der Waals surface area contributed by atoms with Gasteiger partial charge in [-0.1, -0.05) is 15.9 Å². The summed E-state index contributed by atoms with van der Waals surface area (Å²) in [6.07, 6.45) is 2.14. The molecule has 0 aromatic heterocycles. The molecule has 1 aromatic carbocycles. The highest BCUT2D eigenvalue weighted by atomic mass is 79.9. The summed E-state index contributed by atoms with van der Waals surface area (Å²) in [6.45, 7) is 2.78. The number of rotatable bonds is 3. The van der Waals surface area contributed by atoms with Crippen LogP contribution < -0.4 is 4.74 Å². The lowest BCUT2D eigenvalue weighted by atomic mass is 9.99. The third-order valence-electron chi connectivity index (χ3n) is 3.32. The number of ether oxygens (including phenoxy) is 1. The minimum absolute atomic E-state index is 0.178. The van der Waals surface area contributed by atoms with E-state index in [1.165, 1.54) is 5.56 Å². The molecule has 1 heterocycles. The zero-order valence-corrected chi connectivity index (χ0v) is 12.1. The molecule has 1 fully saturated rings. The maximum Gasteiger partial charge on any atom is 0.123 e. The van der Waals surface area contributed by atoms with Crippen LogP contribution >= 0.6 is 15.9 Å². The van der Waals surface area contributed by atoms with Gasteiger partial charge in [0.25, 0.3) is 0 Å². The van der Waals surface area contributed by atoms with Gasteiger partial charge in [0.15, 0.2) is 0 Å². The van der Waals surface area contributed by atoms with Crippen LogP contribution in [0, 0.1) is 17.2 Å². The first-order chi connectivity index (χ1) is 8.72. The van der Waals surface area contributed by atoms with Gasteiger partial charge >= 0.3 is 0 Å². The van der Waals surface area contributed by atoms with E-state index in [9.17, 15) is 0 Å². The topological polar surface area (TPSA) is 36.3 Å². The fraction of sp³-hybridized carbons (Fsp3) is 0.500. The SMILES string of the molecule is COc1ccc(Br)cc1CN1CCCC(C#N)C1. The molecule has 0 bridgehead atoms. The van der Waals surface area contributed by atoms with Crippen LogP contribution in [-0.4, -0.2) is 25.1 Å². The van der Waals surface area contributed by atoms with E-state index in [0.717, 1.165) is 42.7 Å². The van der Waals surface area contributed by atoms with Gasteiger partial charge in [-0.2, -0.15) is 5.26 Å². The Hall–Kier alpha value is -1.05. The van der Waals surface area contributed by atoms with E-state index in [-0.39, 0.29) is 5.92 Å². The van der Waals surface area contributed by atoms with Crippen LogP contribution in [0.1, 0.15) is 18.4 Å². The summed E-state index contributed by atoms with van der Waals surface area (Å²) in [7, 11) is 1.70. The molecule has 0 saturated carbocycles. The van der Waals surface area contributed by atoms with Crippen LogP contribution in [-0.2, 0) is 6.54 Å². The quantitative estimate of drug-likeness (QED) is 0.860. The van der Waals surface area contributed by atoms with Crippen LogP contribution in [0.15, 0.2) is 22.7 Å². The van der Waals surface area contributed by atoms with E-state index in [1.54, 1.807) is 7.11 Å². The Labute approximate surface area is 116 Å². The summed E-state index contributed by atoms with van der Waals surface area (Å²) in [6, 6.07) is 8.43. The highest BCUT2D eigenvalue weighted by molar-refractivity contribution is 9.10. The van der Waals surface area contributed by atoms with Crippen molar-refractivity contribution >= 4 is 15.9 Å². The number of hydrogen-bond acceptors (Lipinski definition) is 3. The molecular formula is C14H17BrN2O. The molecule has 0 N–H and O–H groups in total. The summed E-state index contributed by atoms with van der Waals surface area (Å²) >= 11 is 3.49. The third-order valence-corrected chi connectivity index (χ3v) is 3.82. The van der Waals surface area contributed by atoms with Gasteiger partial charge in [0.1, 0.15) is 5.75 Å². The maximum absolute atomic E-state index is 9.01. The molecule has 0 spiro atoms. The van der Waals surface area contributed by atoms with Gasteiger partial charge in [-0.25, -0.2) is 0 Å². The summed E-state index contributed by atoms with van der Waals surface area (Å²) in [4.78, 5) is 2.34. The number of nitrogens with zero attached hydrogens (tertiary/aromatic N) is 2. The first kappa shape index (κ1) is 13.4. The van der Waals surface area contributed by atoms with Gasteiger partial charge in [-0.3, -0.25) is 4.90 Å². The molecule has 96 valence electrons. The zero-order valence-electron chi connectivity index (χ0n) is 10.5. The molecule has 0 amide bonds. The molecular weight excluding hydrogens is 292 g/mol. The lowest BCUT2D eigenvalue weighted by Crippen LogP contribution is -2.34. The predicted molar refractivity (Wildman–Crippen MR) is 74.3 cm³/mol. The second-order valence-electron chi connectivity index (χ2n) is 4.66. The smallest absolute Gasteiger partial charge is 0.123 e. The van der Waals surface area contributed by atoms with Crippen LogP contribution in [0.3, 0.4) is 0 Å². The Morgan fingerprint density at radius 3 is 3.11 bits per heavy atom. The second kappa shape index (κ2) is 6.21. The van der Waals surface area contributed by atoms with E-state index >= 15 is 0 Å². The molecule has 1 atom stereocenters. The lowest BCUT2D eigenvalue weighted by Gasteiger charge is -2.29. The molecule has 18 heavy (non-hydrogen) atoms. The van der Waals surface area contributed by atoms with Crippen molar-refractivity contribution in [3.63, 3.8) is 0 Å². The molecule has 1 aliphatic heterocycles. The molecule has 2 rings (SSSR count). The second-order valence-corrected chi connectivity index (χ2v) is 5.58. The number of halogens is 1. The van der Waals surface area contributed by atoms with Crippen LogP contribution in [0.4, 0.5) is 0 Å². The Bertz CT molecular complexity index is 456. The number of piperidine rings is 1. The number of likely N-dealkylation sites (tertiary alicyclic amines) is 1. The van der Waals surface area contributed by atoms with Crippen molar-refractivity contribution in [2.75, 3.05) is 20.2 Å². The van der Waals surface area contributed by atoms with Crippen molar-refractivity contribution in [2.24, 2.45) is 5.92 Å². The predicted octanol–water partition coefficient (Wildman–Crippen LogP) is 3.19. The van der Waals surface area contributed by atoms with Crippen LogP contribution in [0.25, 0.3) is 0 Å². The van der Waals surface area contributed by atoms with Crippen molar-refractivity contribution in [2.45, 2.75) is 19.4 Å². The highest BCUT2D eigenvalue weighted by Gasteiger charge is 2.20. The van der Waals surface area contributed by atoms with E-state index in [0.29, 0.717) is 0 Å². The average Bonchev–Trinajstić information content (AvgIpc) is 2.39. The van der Waals surface area contributed by atoms with Gasteiger partial charge < -0.3 is 4.74 Å². The largest absolute Gasteiger partial charge is 0.496 e. The number of methoxy groups -OCH3 is 1. The minimum Gasteiger partial charge on any atom is -0.496 e. The fourth-order valence-electron chi connectivity index (χ4n) is 2.42. The van der Waals surface area contributed by atoms with Crippen molar-refractivity contribution < 1.29 is 4.74 Å². The normalized spacial score (nSPS) is 20.4. The molecule has 3 nitrogen and oxygen atoms in total. The van der Waals surface area contributed by atoms with Gasteiger partial charge in [0, 0.05) is 23.1 Å². The maximum atomic E-state index is 9.01. The Balaban J connectivity index is 2.09. The number of hydrogen-bond donors (Lipinski definition) is 0. The third kappa shape index (κ3) is 3.24. The van der Waals surface area contributed by atoms with E-state index in [1.807, 2.05) is 12.1 Å². The monoisotopic (exact) mass is 308 g/mol. The van der Waals surface area contributed by atoms with Gasteiger partial charge in [-0.15, -0.1) is 0 Å². The van der Waals surface area contributed by atoms with E-state index in [4.69, 9.17) is 10.00 Å². The van der Waals surface area contributed by atoms with Crippen molar-refractivity contribution in [1.29, 1.82) is 5.26 Å². The molecule has 0 radical (unpaired) electrons. The van der Waals surface area contributed by atoms with Gasteiger partial charge in [0.05, 0.1) is 19.1 Å². The lowest BCUT2D eigenvalue weighted by molar-refractivity contribution is 0.190. The van der Waals surface area contributed by atoms with Crippen molar-refractivity contribution in [1.82, 2.24) is 4.90 Å². The van der Waals surface area contributed by atoms with E-state index in [2.05, 4.69) is 33.0 Å². The molecule has 1 aliphatic rings. The molecule has 4 heteroatoms. The Morgan fingerprint density at radius 1 is 1.56 bits per heavy atom. The summed E-state index contributed by atoms with van der Waals surface area (Å²) < 4.78 is 6.44. The first-order valence-corrected chi connectivity index (χ1v) is 6.96. The summed E-state index contributed by atoms with van der Waals surface area (Å²) in [5.74, 6) is 1.09. The molecule has 1 saturated heterocycles. The standard InChI is InChI=1S/C14H17BrN2O/c1-18-14-5-4-13(15)7-12(14)10-17-6-2-3-11(8-16)9-17/h4-5,7,11H,2-3,6,9-10H2,1H3. The number of nitriles is 1. The summed E-state index contributed by atoms with van der Waals surface area (Å²) in [5, 5.41) is 9.01. The minimum atomic E-state index is 0.178. The molecule has 1 aromatic rings. The average molecular weight is 309 g/mol. The number of benzene rings is 1. The van der Waals surface area contributed by atoms with E-state index < -0.39 is 0 Å². The fourth-order valence-corrected chi connectivity index (χ4v) is 2.82. The van der Waals surface area contributed by atoms with Crippen molar-refractivity contribution in [3.8, 4) is 11.8 Å². The molecule has 0 aliphatic carbocycles. The van der Waals surface area contributed by atoms with Crippen molar-refractivity contribution in [3.05, 3.63) is 28.2 Å². The Kier molecular flexibility index (Phi) is 4.62. The van der Waals surface area contributed by atoms with Gasteiger partial charge in [0.2, 0.25) is 0 Å². The highest BCUT2D eigenvalue weighted by Crippen LogP contribution is 2.26. The van der Waals surface area contributed by atoms with Crippen LogP contribution in [0.2, 0.25) is 0 Å². The zero-order chi connectivity index (χ0) is 13.0. The summed E-state index contributed by atoms with van der Waals surface area (Å²) in [5.41, 5.74) is 1.17. The van der Waals surface area contributed by atoms with Crippen LogP contribution in [0.5, 0.6) is 5.75 Å². The molecule has 1 unspecified atom stereocenters.